The number of phenols is 1. The van der Waals surface area contributed by atoms with Gasteiger partial charge < -0.3 is 9.84 Å². The first kappa shape index (κ1) is 18.5. The molecule has 0 fully saturated rings. The lowest BCUT2D eigenvalue weighted by atomic mass is 9.96. The van der Waals surface area contributed by atoms with Crippen LogP contribution in [0.25, 0.3) is 0 Å². The van der Waals surface area contributed by atoms with Gasteiger partial charge in [-0.15, -0.1) is 0 Å². The molecule has 124 valence electrons. The Balaban J connectivity index is 2.39. The van der Waals surface area contributed by atoms with Crippen molar-refractivity contribution in [3.05, 3.63) is 28.8 Å². The van der Waals surface area contributed by atoms with Gasteiger partial charge in [0.25, 0.3) is 0 Å². The normalized spacial score (nSPS) is 12.2. The second-order valence-corrected chi connectivity index (χ2v) is 6.16. The van der Waals surface area contributed by atoms with Gasteiger partial charge in [-0.2, -0.15) is 0 Å². The number of aryl methyl sites for hydroxylation is 2. The van der Waals surface area contributed by atoms with E-state index in [1.807, 2.05) is 32.9 Å². The first-order valence-electron chi connectivity index (χ1n) is 8.44. The minimum absolute atomic E-state index is 0.182. The third-order valence-corrected chi connectivity index (χ3v) is 4.11. The Morgan fingerprint density at radius 2 is 1.64 bits per heavy atom. The lowest BCUT2D eigenvalue weighted by Crippen LogP contribution is -2.14. The van der Waals surface area contributed by atoms with Crippen LogP contribution < -0.4 is 0 Å². The Morgan fingerprint density at radius 1 is 1.09 bits per heavy atom. The molecule has 0 amide bonds. The Bertz CT molecular complexity index is 457. The molecular formula is C19H30O3. The van der Waals surface area contributed by atoms with Crippen LogP contribution in [0.4, 0.5) is 0 Å². The molecule has 0 heterocycles. The molecule has 3 nitrogen and oxygen atoms in total. The molecule has 1 rings (SSSR count). The molecular weight excluding hydrogens is 276 g/mol. The highest BCUT2D eigenvalue weighted by Crippen LogP contribution is 2.27. The Morgan fingerprint density at radius 3 is 2.23 bits per heavy atom. The zero-order chi connectivity index (χ0) is 16.5. The molecule has 0 aliphatic heterocycles. The first-order chi connectivity index (χ1) is 10.5. The van der Waals surface area contributed by atoms with Crippen LogP contribution in [0, 0.1) is 13.8 Å². The number of unbranched alkanes of at least 4 members (excludes halogenated alkanes) is 5. The van der Waals surface area contributed by atoms with Crippen molar-refractivity contribution in [1.82, 2.24) is 0 Å². The third kappa shape index (κ3) is 5.70. The topological polar surface area (TPSA) is 46.5 Å². The van der Waals surface area contributed by atoms with Crippen LogP contribution in [0.3, 0.4) is 0 Å². The van der Waals surface area contributed by atoms with E-state index in [4.69, 9.17) is 4.74 Å². The number of phenolic OH excluding ortho intramolecular Hbond substituents is 1. The van der Waals surface area contributed by atoms with Gasteiger partial charge in [-0.3, -0.25) is 4.79 Å². The van der Waals surface area contributed by atoms with Gasteiger partial charge in [-0.05, 0) is 43.9 Å². The zero-order valence-corrected chi connectivity index (χ0v) is 14.4. The lowest BCUT2D eigenvalue weighted by molar-refractivity contribution is -0.145. The van der Waals surface area contributed by atoms with Crippen LogP contribution in [-0.4, -0.2) is 17.7 Å². The summed E-state index contributed by atoms with van der Waals surface area (Å²) in [6.07, 6.45) is 7.09. The van der Waals surface area contributed by atoms with E-state index in [2.05, 4.69) is 6.92 Å². The Labute approximate surface area is 134 Å². The largest absolute Gasteiger partial charge is 0.507 e. The van der Waals surface area contributed by atoms with E-state index in [1.54, 1.807) is 0 Å². The number of hydrogen-bond acceptors (Lipinski definition) is 3. The molecule has 0 saturated carbocycles. The zero-order valence-electron chi connectivity index (χ0n) is 14.4. The lowest BCUT2D eigenvalue weighted by Gasteiger charge is -2.14. The van der Waals surface area contributed by atoms with Gasteiger partial charge in [-0.1, -0.05) is 51.2 Å². The summed E-state index contributed by atoms with van der Waals surface area (Å²) in [5, 5.41) is 9.80. The second kappa shape index (κ2) is 9.50. The average Bonchev–Trinajstić information content (AvgIpc) is 2.50. The molecule has 22 heavy (non-hydrogen) atoms. The van der Waals surface area contributed by atoms with Gasteiger partial charge in [0.05, 0.1) is 12.5 Å². The van der Waals surface area contributed by atoms with Crippen LogP contribution in [0.5, 0.6) is 5.75 Å². The first-order valence-corrected chi connectivity index (χ1v) is 8.44. The van der Waals surface area contributed by atoms with E-state index in [0.717, 1.165) is 29.5 Å². The SMILES string of the molecule is CCCCCCCCOC(=O)C(C)c1cc(C)c(O)c(C)c1. The maximum Gasteiger partial charge on any atom is 0.313 e. The van der Waals surface area contributed by atoms with Crippen LogP contribution >= 0.6 is 0 Å². The predicted molar refractivity (Wildman–Crippen MR) is 90.3 cm³/mol. The summed E-state index contributed by atoms with van der Waals surface area (Å²) in [6, 6.07) is 3.72. The van der Waals surface area contributed by atoms with Crippen LogP contribution in [-0.2, 0) is 9.53 Å². The minimum atomic E-state index is -0.293. The summed E-state index contributed by atoms with van der Waals surface area (Å²) in [7, 11) is 0. The Kier molecular flexibility index (Phi) is 8.00. The number of benzene rings is 1. The smallest absolute Gasteiger partial charge is 0.313 e. The van der Waals surface area contributed by atoms with E-state index in [1.165, 1.54) is 25.7 Å². The van der Waals surface area contributed by atoms with Gasteiger partial charge in [0.15, 0.2) is 0 Å². The number of hydrogen-bond donors (Lipinski definition) is 1. The fraction of sp³-hybridized carbons (Fsp3) is 0.632. The molecule has 1 unspecified atom stereocenters. The summed E-state index contributed by atoms with van der Waals surface area (Å²) in [6.45, 7) is 8.26. The van der Waals surface area contributed by atoms with E-state index in [-0.39, 0.29) is 11.9 Å². The van der Waals surface area contributed by atoms with E-state index < -0.39 is 0 Å². The standard InChI is InChI=1S/C19H30O3/c1-5-6-7-8-9-10-11-22-19(21)16(4)17-12-14(2)18(20)15(3)13-17/h12-13,16,20H,5-11H2,1-4H3. The molecule has 1 aromatic rings. The quantitative estimate of drug-likeness (QED) is 0.515. The number of aromatic hydroxyl groups is 1. The molecule has 1 atom stereocenters. The molecule has 3 heteroatoms. The maximum atomic E-state index is 12.1. The van der Waals surface area contributed by atoms with Crippen LogP contribution in [0.2, 0.25) is 0 Å². The van der Waals surface area contributed by atoms with Crippen molar-refractivity contribution in [3.8, 4) is 5.75 Å². The summed E-state index contributed by atoms with van der Waals surface area (Å²) < 4.78 is 5.37. The maximum absolute atomic E-state index is 12.1. The van der Waals surface area contributed by atoms with Gasteiger partial charge in [0.2, 0.25) is 0 Å². The predicted octanol–water partition coefficient (Wildman–Crippen LogP) is 5.02. The van der Waals surface area contributed by atoms with Crippen LogP contribution in [0.1, 0.15) is 75.0 Å². The molecule has 0 radical (unpaired) electrons. The number of carbonyl (C=O) groups is 1. The molecule has 0 saturated heterocycles. The van der Waals surface area contributed by atoms with Crippen molar-refractivity contribution < 1.29 is 14.6 Å². The van der Waals surface area contributed by atoms with Gasteiger partial charge in [-0.25, -0.2) is 0 Å². The van der Waals surface area contributed by atoms with Gasteiger partial charge in [0.1, 0.15) is 5.75 Å². The summed E-state index contributed by atoms with van der Waals surface area (Å²) in [4.78, 5) is 12.1. The van der Waals surface area contributed by atoms with E-state index in [0.29, 0.717) is 12.4 Å². The van der Waals surface area contributed by atoms with Gasteiger partial charge in [0, 0.05) is 0 Å². The summed E-state index contributed by atoms with van der Waals surface area (Å²) in [5.41, 5.74) is 2.50. The highest BCUT2D eigenvalue weighted by Gasteiger charge is 2.18. The number of rotatable bonds is 9. The highest BCUT2D eigenvalue weighted by molar-refractivity contribution is 5.78. The molecule has 1 N–H and O–H groups in total. The molecule has 1 aromatic carbocycles. The van der Waals surface area contributed by atoms with Gasteiger partial charge >= 0.3 is 5.97 Å². The molecule has 0 aliphatic carbocycles. The van der Waals surface area contributed by atoms with Crippen molar-refractivity contribution in [3.63, 3.8) is 0 Å². The molecule has 0 spiro atoms. The average molecular weight is 306 g/mol. The highest BCUT2D eigenvalue weighted by atomic mass is 16.5. The fourth-order valence-electron chi connectivity index (χ4n) is 2.56. The monoisotopic (exact) mass is 306 g/mol. The van der Waals surface area contributed by atoms with Crippen molar-refractivity contribution in [2.45, 2.75) is 72.1 Å². The van der Waals surface area contributed by atoms with Crippen molar-refractivity contribution >= 4 is 5.97 Å². The van der Waals surface area contributed by atoms with Crippen LogP contribution in [0.15, 0.2) is 12.1 Å². The second-order valence-electron chi connectivity index (χ2n) is 6.16. The van der Waals surface area contributed by atoms with Crippen molar-refractivity contribution in [2.24, 2.45) is 0 Å². The Hall–Kier alpha value is -1.51. The number of ether oxygens (including phenoxy) is 1. The fourth-order valence-corrected chi connectivity index (χ4v) is 2.56. The number of esters is 1. The van der Waals surface area contributed by atoms with Crippen molar-refractivity contribution in [1.29, 1.82) is 0 Å². The third-order valence-electron chi connectivity index (χ3n) is 4.11. The molecule has 0 bridgehead atoms. The molecule has 0 aromatic heterocycles. The molecule has 0 aliphatic rings. The van der Waals surface area contributed by atoms with E-state index >= 15 is 0 Å². The number of carbonyl (C=O) groups excluding carboxylic acids is 1. The summed E-state index contributed by atoms with van der Waals surface area (Å²) >= 11 is 0. The minimum Gasteiger partial charge on any atom is -0.507 e. The van der Waals surface area contributed by atoms with E-state index in [9.17, 15) is 9.90 Å². The summed E-state index contributed by atoms with van der Waals surface area (Å²) in [5.74, 6) is -0.174. The van der Waals surface area contributed by atoms with Crippen molar-refractivity contribution in [2.75, 3.05) is 6.61 Å².